The van der Waals surface area contributed by atoms with Crippen molar-refractivity contribution in [2.24, 2.45) is 13.0 Å². The fourth-order valence-corrected chi connectivity index (χ4v) is 6.44. The first-order valence-corrected chi connectivity index (χ1v) is 15.9. The molecule has 7 rings (SSSR count). The molecule has 1 saturated heterocycles. The van der Waals surface area contributed by atoms with Gasteiger partial charge in [-0.05, 0) is 60.9 Å². The molecule has 0 aliphatic carbocycles. The predicted octanol–water partition coefficient (Wildman–Crippen LogP) is 6.10. The molecule has 48 heavy (non-hydrogen) atoms. The molecule has 3 aromatic heterocycles. The molecule has 0 atom stereocenters. The van der Waals surface area contributed by atoms with Gasteiger partial charge in [-0.2, -0.15) is 0 Å². The molecule has 3 amide bonds. The average molecular weight is 642 g/mol. The fraction of sp³-hybridized carbons (Fsp3) is 0.216. The molecule has 0 unspecified atom stereocenters. The number of nitrogens with one attached hydrogen (secondary N) is 2. The van der Waals surface area contributed by atoms with Crippen LogP contribution in [0.25, 0.3) is 17.1 Å². The number of carbonyl (C=O) groups excluding carboxylic acids is 3. The number of benzene rings is 2. The second-order valence-electron chi connectivity index (χ2n) is 12.1. The second kappa shape index (κ2) is 13.0. The first-order valence-electron chi connectivity index (χ1n) is 15.9. The summed E-state index contributed by atoms with van der Waals surface area (Å²) in [4.78, 5) is 52.1. The van der Waals surface area contributed by atoms with E-state index in [0.717, 1.165) is 53.8 Å². The van der Waals surface area contributed by atoms with Crippen molar-refractivity contribution in [3.8, 4) is 5.75 Å². The minimum atomic E-state index is -0.450. The molecule has 0 bridgehead atoms. The van der Waals surface area contributed by atoms with Gasteiger partial charge in [-0.25, -0.2) is 9.78 Å². The number of ether oxygens (including phenoxy) is 1. The third-order valence-electron chi connectivity index (χ3n) is 8.82. The summed E-state index contributed by atoms with van der Waals surface area (Å²) in [6, 6.07) is 20.0. The number of aryl methyl sites for hydroxylation is 1. The van der Waals surface area contributed by atoms with Gasteiger partial charge >= 0.3 is 6.03 Å². The van der Waals surface area contributed by atoms with Crippen molar-refractivity contribution in [3.05, 3.63) is 114 Å². The Hall–Kier alpha value is -5.97. The zero-order chi connectivity index (χ0) is 33.2. The number of carbonyl (C=O) groups is 3. The van der Waals surface area contributed by atoms with Gasteiger partial charge in [0.15, 0.2) is 5.76 Å². The van der Waals surface area contributed by atoms with Crippen LogP contribution < -0.4 is 20.3 Å². The van der Waals surface area contributed by atoms with Crippen LogP contribution in [0.3, 0.4) is 0 Å². The fourth-order valence-electron chi connectivity index (χ4n) is 6.44. The van der Waals surface area contributed by atoms with Crippen LogP contribution >= 0.6 is 0 Å². The molecular weight excluding hydrogens is 606 g/mol. The lowest BCUT2D eigenvalue weighted by Crippen LogP contribution is -2.41. The third kappa shape index (κ3) is 6.22. The van der Waals surface area contributed by atoms with Crippen molar-refractivity contribution in [3.63, 3.8) is 0 Å². The first-order chi connectivity index (χ1) is 23.3. The maximum Gasteiger partial charge on any atom is 0.323 e. The zero-order valence-electron chi connectivity index (χ0n) is 26.7. The molecule has 0 radical (unpaired) electrons. The van der Waals surface area contributed by atoms with Gasteiger partial charge in [0.1, 0.15) is 11.4 Å². The summed E-state index contributed by atoms with van der Waals surface area (Å²) in [5.74, 6) is 0.477. The van der Waals surface area contributed by atoms with E-state index in [1.165, 1.54) is 0 Å². The number of hydrogen-bond donors (Lipinski definition) is 2. The lowest BCUT2D eigenvalue weighted by atomic mass is 9.94. The Labute approximate surface area is 277 Å². The van der Waals surface area contributed by atoms with Gasteiger partial charge in [0.25, 0.3) is 0 Å². The number of nitrogens with zero attached hydrogens (tertiary/aromatic N) is 5. The maximum atomic E-state index is 13.5. The molecule has 2 aliphatic rings. The van der Waals surface area contributed by atoms with Crippen molar-refractivity contribution in [1.29, 1.82) is 0 Å². The molecular formula is C37H35N7O4. The highest BCUT2D eigenvalue weighted by Gasteiger charge is 2.31. The average Bonchev–Trinajstić information content (AvgIpc) is 3.60. The van der Waals surface area contributed by atoms with Crippen molar-refractivity contribution < 1.29 is 19.1 Å². The van der Waals surface area contributed by atoms with Gasteiger partial charge < -0.3 is 29.7 Å². The van der Waals surface area contributed by atoms with Crippen LogP contribution in [0.1, 0.15) is 34.3 Å². The van der Waals surface area contributed by atoms with Crippen LogP contribution in [0.5, 0.6) is 5.75 Å². The first kappa shape index (κ1) is 30.7. The Bertz CT molecular complexity index is 2030. The number of anilines is 3. The van der Waals surface area contributed by atoms with Crippen molar-refractivity contribution in [2.45, 2.75) is 19.4 Å². The largest absolute Gasteiger partial charge is 0.452 e. The maximum absolute atomic E-state index is 13.5. The van der Waals surface area contributed by atoms with Crippen molar-refractivity contribution >= 4 is 51.9 Å². The van der Waals surface area contributed by atoms with Crippen LogP contribution in [0, 0.1) is 5.92 Å². The molecule has 2 aliphatic heterocycles. The van der Waals surface area contributed by atoms with E-state index in [1.807, 2.05) is 66.2 Å². The summed E-state index contributed by atoms with van der Waals surface area (Å²) in [5.41, 5.74) is 5.08. The number of rotatable bonds is 7. The van der Waals surface area contributed by atoms with E-state index in [0.29, 0.717) is 29.2 Å². The molecule has 2 N–H and O–H groups in total. The summed E-state index contributed by atoms with van der Waals surface area (Å²) < 4.78 is 7.96. The Balaban J connectivity index is 1.07. The number of pyridine rings is 2. The number of hydrogen-bond acceptors (Lipinski definition) is 7. The van der Waals surface area contributed by atoms with Crippen molar-refractivity contribution in [2.75, 3.05) is 35.7 Å². The summed E-state index contributed by atoms with van der Waals surface area (Å²) >= 11 is 0. The van der Waals surface area contributed by atoms with Crippen LogP contribution in [0.4, 0.5) is 21.9 Å². The number of urea groups is 1. The number of aromatic nitrogens is 3. The van der Waals surface area contributed by atoms with Crippen LogP contribution in [0.2, 0.25) is 0 Å². The predicted molar refractivity (Wildman–Crippen MR) is 185 cm³/mol. The Morgan fingerprint density at radius 3 is 2.56 bits per heavy atom. The number of allylic oxidation sites excluding steroid dienone is 1. The smallest absolute Gasteiger partial charge is 0.323 e. The number of Topliss-reactive ketones (excluding diaryl/α,β-unsaturated/α-hetero) is 1. The Kier molecular flexibility index (Phi) is 8.33. The van der Waals surface area contributed by atoms with E-state index in [-0.39, 0.29) is 23.4 Å². The molecule has 242 valence electrons. The summed E-state index contributed by atoms with van der Waals surface area (Å²) in [6.07, 6.45) is 10.2. The van der Waals surface area contributed by atoms with Gasteiger partial charge in [-0.15, -0.1) is 0 Å². The third-order valence-corrected chi connectivity index (χ3v) is 8.82. The molecule has 0 saturated carbocycles. The number of ketones is 1. The SMILES string of the molecule is CN(Cc1ccccc1)C(=O)C1CCN(c2ccnc3c2c(/C=C2\Oc4ccc(NC(=O)Nc5cccnc5)cc4C2=O)cn3C)CC1. The van der Waals surface area contributed by atoms with E-state index < -0.39 is 6.03 Å². The van der Waals surface area contributed by atoms with E-state index in [2.05, 4.69) is 25.5 Å². The highest BCUT2D eigenvalue weighted by Crippen LogP contribution is 2.37. The van der Waals surface area contributed by atoms with Crippen LogP contribution in [-0.4, -0.2) is 57.3 Å². The Morgan fingerprint density at radius 2 is 1.79 bits per heavy atom. The molecule has 0 spiro atoms. The topological polar surface area (TPSA) is 122 Å². The van der Waals surface area contributed by atoms with Gasteiger partial charge in [0, 0.05) is 80.6 Å². The molecule has 11 nitrogen and oxygen atoms in total. The van der Waals surface area contributed by atoms with Gasteiger partial charge in [-0.3, -0.25) is 14.6 Å². The highest BCUT2D eigenvalue weighted by molar-refractivity contribution is 6.16. The quantitative estimate of drug-likeness (QED) is 0.206. The standard InChI is InChI=1S/C37H35N7O4/c1-42-23-26(19-32-34(45)29-20-27(10-11-31(29)48-32)40-37(47)41-28-9-6-15-38-21-28)33-30(12-16-39-35(33)42)44-17-13-25(14-18-44)36(46)43(2)22-24-7-4-3-5-8-24/h3-12,15-16,19-21,23,25H,13-14,17-18,22H2,1-2H3,(H2,40,41,47)/b32-19-. The number of fused-ring (bicyclic) bond motifs is 2. The van der Waals surface area contributed by atoms with Crippen LogP contribution in [0.15, 0.2) is 97.3 Å². The van der Waals surface area contributed by atoms with Gasteiger partial charge in [-0.1, -0.05) is 30.3 Å². The monoisotopic (exact) mass is 641 g/mol. The molecule has 1 fully saturated rings. The van der Waals surface area contributed by atoms with E-state index in [9.17, 15) is 14.4 Å². The Morgan fingerprint density at radius 1 is 1.00 bits per heavy atom. The minimum Gasteiger partial charge on any atom is -0.452 e. The van der Waals surface area contributed by atoms with E-state index in [4.69, 9.17) is 4.74 Å². The summed E-state index contributed by atoms with van der Waals surface area (Å²) in [7, 11) is 3.80. The van der Waals surface area contributed by atoms with Gasteiger partial charge in [0.05, 0.1) is 17.4 Å². The van der Waals surface area contributed by atoms with E-state index in [1.54, 1.807) is 55.0 Å². The highest BCUT2D eigenvalue weighted by atomic mass is 16.5. The molecule has 5 heterocycles. The minimum absolute atomic E-state index is 0.0338. The molecule has 5 aromatic rings. The van der Waals surface area contributed by atoms with Gasteiger partial charge in [0.2, 0.25) is 11.7 Å². The van der Waals surface area contributed by atoms with E-state index >= 15 is 0 Å². The van der Waals surface area contributed by atoms with Crippen molar-refractivity contribution in [1.82, 2.24) is 19.4 Å². The number of amides is 3. The van der Waals surface area contributed by atoms with Crippen LogP contribution in [-0.2, 0) is 18.4 Å². The molecule has 2 aromatic carbocycles. The zero-order valence-corrected chi connectivity index (χ0v) is 26.7. The lowest BCUT2D eigenvalue weighted by Gasteiger charge is -2.35. The summed E-state index contributed by atoms with van der Waals surface area (Å²) in [5, 5.41) is 6.39. The molecule has 11 heteroatoms. The second-order valence-corrected chi connectivity index (χ2v) is 12.1. The normalized spacial score (nSPS) is 15.3. The summed E-state index contributed by atoms with van der Waals surface area (Å²) in [6.45, 7) is 2.05. The number of piperidine rings is 1. The lowest BCUT2D eigenvalue weighted by molar-refractivity contribution is -0.135.